The molecule has 0 fully saturated rings. The van der Waals surface area contributed by atoms with E-state index in [-0.39, 0.29) is 35.3 Å². The van der Waals surface area contributed by atoms with E-state index >= 15 is 0 Å². The maximum atomic E-state index is 13.6. The van der Waals surface area contributed by atoms with Crippen LogP contribution in [0.25, 0.3) is 0 Å². The number of nitrogens with two attached hydrogens (primary N) is 1. The van der Waals surface area contributed by atoms with Crippen LogP contribution >= 0.6 is 0 Å². The largest absolute Gasteiger partial charge is 0.437 e. The zero-order chi connectivity index (χ0) is 15.4. The van der Waals surface area contributed by atoms with Crippen molar-refractivity contribution in [3.05, 3.63) is 47.4 Å². The predicted octanol–water partition coefficient (Wildman–Crippen LogP) is 1.57. The van der Waals surface area contributed by atoms with Gasteiger partial charge in [0, 0.05) is 32.3 Å². The number of aromatic nitrogens is 2. The van der Waals surface area contributed by atoms with E-state index in [0.717, 1.165) is 0 Å². The lowest BCUT2D eigenvalue weighted by Gasteiger charge is -2.11. The monoisotopic (exact) mass is 290 g/mol. The van der Waals surface area contributed by atoms with Crippen LogP contribution in [-0.4, -0.2) is 35.1 Å². The molecule has 1 heterocycles. The summed E-state index contributed by atoms with van der Waals surface area (Å²) in [6, 6.07) is 7.40. The highest BCUT2D eigenvalue weighted by molar-refractivity contribution is 5.91. The first-order valence-electron chi connectivity index (χ1n) is 6.23. The fourth-order valence-corrected chi connectivity index (χ4v) is 1.66. The number of hydrogen-bond acceptors (Lipinski definition) is 5. The van der Waals surface area contributed by atoms with Gasteiger partial charge < -0.3 is 15.4 Å². The van der Waals surface area contributed by atoms with Gasteiger partial charge in [0.15, 0.2) is 5.69 Å². The van der Waals surface area contributed by atoms with Crippen molar-refractivity contribution in [3.63, 3.8) is 0 Å². The molecule has 1 aromatic carbocycles. The Morgan fingerprint density at radius 3 is 2.62 bits per heavy atom. The number of hydrogen-bond donors (Lipinski definition) is 1. The summed E-state index contributed by atoms with van der Waals surface area (Å²) in [6.07, 6.45) is 0. The van der Waals surface area contributed by atoms with Crippen molar-refractivity contribution < 1.29 is 13.9 Å². The molecule has 0 bridgehead atoms. The molecule has 2 aromatic rings. The summed E-state index contributed by atoms with van der Waals surface area (Å²) < 4.78 is 19.0. The van der Waals surface area contributed by atoms with Crippen molar-refractivity contribution in [2.45, 2.75) is 6.54 Å². The maximum Gasteiger partial charge on any atom is 0.273 e. The van der Waals surface area contributed by atoms with Crippen molar-refractivity contribution in [2.24, 2.45) is 5.73 Å². The zero-order valence-corrected chi connectivity index (χ0v) is 11.7. The van der Waals surface area contributed by atoms with Gasteiger partial charge in [-0.2, -0.15) is 0 Å². The molecule has 110 valence electrons. The maximum absolute atomic E-state index is 13.6. The Balaban J connectivity index is 2.21. The molecule has 0 aliphatic rings. The smallest absolute Gasteiger partial charge is 0.273 e. The van der Waals surface area contributed by atoms with Crippen LogP contribution in [0.2, 0.25) is 0 Å². The van der Waals surface area contributed by atoms with Crippen LogP contribution in [0.4, 0.5) is 4.39 Å². The van der Waals surface area contributed by atoms with Gasteiger partial charge in [-0.1, -0.05) is 6.07 Å². The number of rotatable bonds is 4. The van der Waals surface area contributed by atoms with Crippen LogP contribution in [0, 0.1) is 5.82 Å². The van der Waals surface area contributed by atoms with E-state index in [1.165, 1.54) is 29.2 Å². The molecule has 0 unspecified atom stereocenters. The molecule has 21 heavy (non-hydrogen) atoms. The summed E-state index contributed by atoms with van der Waals surface area (Å²) >= 11 is 0. The Labute approximate surface area is 121 Å². The average Bonchev–Trinajstić information content (AvgIpc) is 2.47. The molecule has 0 spiro atoms. The predicted molar refractivity (Wildman–Crippen MR) is 74.4 cm³/mol. The van der Waals surface area contributed by atoms with Crippen molar-refractivity contribution in [3.8, 4) is 11.6 Å². The van der Waals surface area contributed by atoms with Crippen LogP contribution < -0.4 is 10.5 Å². The molecule has 2 rings (SSSR count). The Morgan fingerprint density at radius 1 is 1.29 bits per heavy atom. The fourth-order valence-electron chi connectivity index (χ4n) is 1.66. The molecule has 0 aliphatic carbocycles. The van der Waals surface area contributed by atoms with Gasteiger partial charge in [0.25, 0.3) is 5.91 Å². The second-order valence-corrected chi connectivity index (χ2v) is 4.48. The van der Waals surface area contributed by atoms with Gasteiger partial charge in [-0.25, -0.2) is 4.39 Å². The van der Waals surface area contributed by atoms with Crippen LogP contribution in [0.3, 0.4) is 0 Å². The molecule has 0 saturated carbocycles. The SMILES string of the molecule is CN(C)C(=O)c1ccc(Oc2cccc(F)c2CN)nn1. The molecule has 1 aromatic heterocycles. The second kappa shape index (κ2) is 6.27. The van der Waals surface area contributed by atoms with Crippen LogP contribution in [-0.2, 0) is 6.54 Å². The molecule has 0 aliphatic heterocycles. The van der Waals surface area contributed by atoms with E-state index in [0.29, 0.717) is 0 Å². The van der Waals surface area contributed by atoms with E-state index in [9.17, 15) is 9.18 Å². The average molecular weight is 290 g/mol. The number of halogens is 1. The summed E-state index contributed by atoms with van der Waals surface area (Å²) in [5, 5.41) is 7.58. The molecule has 2 N–H and O–H groups in total. The van der Waals surface area contributed by atoms with E-state index in [4.69, 9.17) is 10.5 Å². The normalized spacial score (nSPS) is 10.3. The van der Waals surface area contributed by atoms with Crippen molar-refractivity contribution in [1.29, 1.82) is 0 Å². The molecule has 0 atom stereocenters. The molecular weight excluding hydrogens is 275 g/mol. The number of benzene rings is 1. The summed E-state index contributed by atoms with van der Waals surface area (Å²) in [7, 11) is 3.24. The highest BCUT2D eigenvalue weighted by atomic mass is 19.1. The quantitative estimate of drug-likeness (QED) is 0.924. The number of carbonyl (C=O) groups is 1. The van der Waals surface area contributed by atoms with Gasteiger partial charge in [-0.15, -0.1) is 10.2 Å². The molecule has 0 radical (unpaired) electrons. The molecule has 1 amide bonds. The first-order valence-corrected chi connectivity index (χ1v) is 6.23. The van der Waals surface area contributed by atoms with E-state index in [2.05, 4.69) is 10.2 Å². The second-order valence-electron chi connectivity index (χ2n) is 4.48. The summed E-state index contributed by atoms with van der Waals surface area (Å²) in [5.41, 5.74) is 5.95. The molecule has 0 saturated heterocycles. The number of nitrogens with zero attached hydrogens (tertiary/aromatic N) is 3. The number of carbonyl (C=O) groups excluding carboxylic acids is 1. The van der Waals surface area contributed by atoms with Crippen molar-refractivity contribution >= 4 is 5.91 Å². The van der Waals surface area contributed by atoms with Crippen molar-refractivity contribution in [2.75, 3.05) is 14.1 Å². The van der Waals surface area contributed by atoms with Crippen LogP contribution in [0.1, 0.15) is 16.1 Å². The van der Waals surface area contributed by atoms with Gasteiger partial charge in [-0.05, 0) is 18.2 Å². The highest BCUT2D eigenvalue weighted by Crippen LogP contribution is 2.25. The van der Waals surface area contributed by atoms with Crippen molar-refractivity contribution in [1.82, 2.24) is 15.1 Å². The van der Waals surface area contributed by atoms with Crippen LogP contribution in [0.15, 0.2) is 30.3 Å². The minimum absolute atomic E-state index is 0.00658. The molecule has 7 heteroatoms. The summed E-state index contributed by atoms with van der Waals surface area (Å²) in [6.45, 7) is 0.00658. The lowest BCUT2D eigenvalue weighted by Crippen LogP contribution is -2.23. The Kier molecular flexibility index (Phi) is 4.44. The Hall–Kier alpha value is -2.54. The first kappa shape index (κ1) is 14.9. The fraction of sp³-hybridized carbons (Fsp3) is 0.214. The number of ether oxygens (including phenoxy) is 1. The third kappa shape index (κ3) is 3.32. The van der Waals surface area contributed by atoms with Gasteiger partial charge in [0.05, 0.1) is 0 Å². The minimum atomic E-state index is -0.442. The lowest BCUT2D eigenvalue weighted by molar-refractivity contribution is 0.0820. The molecule has 6 nitrogen and oxygen atoms in total. The third-order valence-electron chi connectivity index (χ3n) is 2.76. The Morgan fingerprint density at radius 2 is 2.05 bits per heavy atom. The van der Waals surface area contributed by atoms with E-state index in [1.54, 1.807) is 20.2 Å². The minimum Gasteiger partial charge on any atom is -0.437 e. The van der Waals surface area contributed by atoms with Gasteiger partial charge in [0.2, 0.25) is 5.88 Å². The van der Waals surface area contributed by atoms with Crippen LogP contribution in [0.5, 0.6) is 11.6 Å². The standard InChI is InChI=1S/C14H15FN4O2/c1-19(2)14(20)11-6-7-13(18-17-11)21-12-5-3-4-10(15)9(12)8-16/h3-7H,8,16H2,1-2H3. The van der Waals surface area contributed by atoms with E-state index < -0.39 is 5.82 Å². The Bertz CT molecular complexity index is 644. The third-order valence-corrected chi connectivity index (χ3v) is 2.76. The van der Waals surface area contributed by atoms with Gasteiger partial charge >= 0.3 is 0 Å². The number of amides is 1. The zero-order valence-electron chi connectivity index (χ0n) is 11.7. The lowest BCUT2D eigenvalue weighted by atomic mass is 10.2. The molecular formula is C14H15FN4O2. The topological polar surface area (TPSA) is 81.3 Å². The van der Waals surface area contributed by atoms with E-state index in [1.807, 2.05) is 0 Å². The first-order chi connectivity index (χ1) is 10.0. The summed E-state index contributed by atoms with van der Waals surface area (Å²) in [5.74, 6) is -0.270. The van der Waals surface area contributed by atoms with Gasteiger partial charge in [-0.3, -0.25) is 4.79 Å². The van der Waals surface area contributed by atoms with Gasteiger partial charge in [0.1, 0.15) is 11.6 Å². The highest BCUT2D eigenvalue weighted by Gasteiger charge is 2.12. The summed E-state index contributed by atoms with van der Waals surface area (Å²) in [4.78, 5) is 13.1.